The monoisotopic (exact) mass is 346 g/mol. The van der Waals surface area contributed by atoms with Crippen LogP contribution in [0, 0.1) is 6.92 Å². The minimum Gasteiger partial charge on any atom is -0.439 e. The van der Waals surface area contributed by atoms with Gasteiger partial charge in [0.15, 0.2) is 6.61 Å². The summed E-state index contributed by atoms with van der Waals surface area (Å²) in [7, 11) is 0. The molecule has 1 aromatic carbocycles. The standard InChI is InChI=1S/C15H14N4O4S/c1-9-13(24-18-17-9)14(21)16-11(10-5-3-2-4-6-10)7-19-12(20)8-23-15(19)22/h2-6,11H,7-8H2,1H3,(H,16,21)/t11-/m0/s1. The van der Waals surface area contributed by atoms with Gasteiger partial charge in [-0.1, -0.05) is 34.8 Å². The summed E-state index contributed by atoms with van der Waals surface area (Å²) >= 11 is 0.993. The van der Waals surface area contributed by atoms with Gasteiger partial charge in [-0.25, -0.2) is 9.69 Å². The van der Waals surface area contributed by atoms with Gasteiger partial charge in [-0.15, -0.1) is 5.10 Å². The van der Waals surface area contributed by atoms with Crippen LogP contribution in [0.5, 0.6) is 0 Å². The SMILES string of the molecule is Cc1nnsc1C(=O)N[C@@H](CN1C(=O)COC1=O)c1ccccc1. The van der Waals surface area contributed by atoms with E-state index in [9.17, 15) is 14.4 Å². The fourth-order valence-electron chi connectivity index (χ4n) is 2.32. The van der Waals surface area contributed by atoms with Gasteiger partial charge in [0.05, 0.1) is 18.3 Å². The van der Waals surface area contributed by atoms with Crippen molar-refractivity contribution < 1.29 is 19.1 Å². The van der Waals surface area contributed by atoms with Gasteiger partial charge in [-0.3, -0.25) is 9.59 Å². The Morgan fingerprint density at radius 1 is 1.38 bits per heavy atom. The molecule has 1 aliphatic heterocycles. The predicted molar refractivity (Wildman–Crippen MR) is 84.4 cm³/mol. The first-order valence-electron chi connectivity index (χ1n) is 7.18. The van der Waals surface area contributed by atoms with Crippen molar-refractivity contribution in [3.63, 3.8) is 0 Å². The van der Waals surface area contributed by atoms with E-state index >= 15 is 0 Å². The molecule has 0 spiro atoms. The molecule has 0 saturated carbocycles. The number of aryl methyl sites for hydroxylation is 1. The zero-order valence-electron chi connectivity index (χ0n) is 12.8. The number of aromatic nitrogens is 2. The molecule has 124 valence electrons. The Hall–Kier alpha value is -2.81. The Balaban J connectivity index is 1.83. The van der Waals surface area contributed by atoms with Gasteiger partial charge in [0.1, 0.15) is 4.88 Å². The van der Waals surface area contributed by atoms with E-state index in [1.54, 1.807) is 6.92 Å². The van der Waals surface area contributed by atoms with Crippen LogP contribution in [-0.4, -0.2) is 45.5 Å². The molecule has 0 radical (unpaired) electrons. The Bertz CT molecular complexity index is 761. The second-order valence-electron chi connectivity index (χ2n) is 5.18. The van der Waals surface area contributed by atoms with Crippen molar-refractivity contribution in [1.29, 1.82) is 0 Å². The molecule has 8 nitrogen and oxygen atoms in total. The van der Waals surface area contributed by atoms with Crippen LogP contribution >= 0.6 is 11.5 Å². The van der Waals surface area contributed by atoms with Crippen LogP contribution < -0.4 is 5.32 Å². The number of carbonyl (C=O) groups excluding carboxylic acids is 3. The van der Waals surface area contributed by atoms with E-state index in [1.165, 1.54) is 0 Å². The highest BCUT2D eigenvalue weighted by Gasteiger charge is 2.34. The van der Waals surface area contributed by atoms with Crippen LogP contribution in [-0.2, 0) is 9.53 Å². The first kappa shape index (κ1) is 16.1. The first-order valence-corrected chi connectivity index (χ1v) is 7.95. The van der Waals surface area contributed by atoms with Crippen LogP contribution in [0.15, 0.2) is 30.3 Å². The molecule has 3 rings (SSSR count). The van der Waals surface area contributed by atoms with Gasteiger partial charge < -0.3 is 10.1 Å². The lowest BCUT2D eigenvalue weighted by molar-refractivity contribution is -0.126. The van der Waals surface area contributed by atoms with Crippen LogP contribution in [0.3, 0.4) is 0 Å². The fourth-order valence-corrected chi connectivity index (χ4v) is 2.88. The molecule has 1 fully saturated rings. The lowest BCUT2D eigenvalue weighted by Gasteiger charge is -2.22. The van der Waals surface area contributed by atoms with Gasteiger partial charge in [0.25, 0.3) is 11.8 Å². The molecule has 1 saturated heterocycles. The molecule has 0 aliphatic carbocycles. The maximum Gasteiger partial charge on any atom is 0.417 e. The second kappa shape index (κ2) is 6.75. The number of hydrogen-bond acceptors (Lipinski definition) is 7. The van der Waals surface area contributed by atoms with Crippen LogP contribution in [0.4, 0.5) is 4.79 Å². The average molecular weight is 346 g/mol. The van der Waals surface area contributed by atoms with Gasteiger partial charge in [0.2, 0.25) is 0 Å². The fraction of sp³-hybridized carbons (Fsp3) is 0.267. The van der Waals surface area contributed by atoms with Crippen molar-refractivity contribution in [2.75, 3.05) is 13.2 Å². The van der Waals surface area contributed by atoms with Gasteiger partial charge in [-0.05, 0) is 24.0 Å². The largest absolute Gasteiger partial charge is 0.439 e. The van der Waals surface area contributed by atoms with Gasteiger partial charge in [0, 0.05) is 0 Å². The van der Waals surface area contributed by atoms with Crippen LogP contribution in [0.1, 0.15) is 27.0 Å². The summed E-state index contributed by atoms with van der Waals surface area (Å²) in [5.74, 6) is -0.776. The maximum absolute atomic E-state index is 12.4. The number of rotatable bonds is 5. The molecule has 2 heterocycles. The van der Waals surface area contributed by atoms with E-state index in [0.29, 0.717) is 10.6 Å². The third-order valence-corrected chi connectivity index (χ3v) is 4.40. The van der Waals surface area contributed by atoms with Gasteiger partial charge >= 0.3 is 6.09 Å². The highest BCUT2D eigenvalue weighted by atomic mass is 32.1. The molecule has 24 heavy (non-hydrogen) atoms. The summed E-state index contributed by atoms with van der Waals surface area (Å²) in [6, 6.07) is 8.55. The van der Waals surface area contributed by atoms with Crippen molar-refractivity contribution in [3.05, 3.63) is 46.5 Å². The number of nitrogens with one attached hydrogen (secondary N) is 1. The van der Waals surface area contributed by atoms with Crippen molar-refractivity contribution in [2.45, 2.75) is 13.0 Å². The molecule has 2 aromatic rings. The topological polar surface area (TPSA) is 101 Å². The highest BCUT2D eigenvalue weighted by Crippen LogP contribution is 2.19. The van der Waals surface area contributed by atoms with E-state index in [-0.39, 0.29) is 19.1 Å². The molecule has 0 unspecified atom stereocenters. The molecule has 9 heteroatoms. The van der Waals surface area contributed by atoms with E-state index in [0.717, 1.165) is 22.0 Å². The number of carbonyl (C=O) groups is 3. The van der Waals surface area contributed by atoms with Crippen LogP contribution in [0.25, 0.3) is 0 Å². The zero-order valence-corrected chi connectivity index (χ0v) is 13.6. The first-order chi connectivity index (χ1) is 11.6. The molecule has 3 amide bonds. The second-order valence-corrected chi connectivity index (χ2v) is 5.94. The molecule has 1 atom stereocenters. The number of imide groups is 1. The number of benzene rings is 1. The van der Waals surface area contributed by atoms with E-state index < -0.39 is 18.0 Å². The minimum absolute atomic E-state index is 0.00129. The third-order valence-electron chi connectivity index (χ3n) is 3.57. The smallest absolute Gasteiger partial charge is 0.417 e. The lowest BCUT2D eigenvalue weighted by atomic mass is 10.1. The summed E-state index contributed by atoms with van der Waals surface area (Å²) < 4.78 is 8.46. The Morgan fingerprint density at radius 3 is 2.71 bits per heavy atom. The third kappa shape index (κ3) is 3.25. The molecular formula is C15H14N4O4S. The molecule has 1 aliphatic rings. The van der Waals surface area contributed by atoms with E-state index in [1.807, 2.05) is 30.3 Å². The summed E-state index contributed by atoms with van der Waals surface area (Å²) in [5.41, 5.74) is 1.30. The number of ether oxygens (including phenoxy) is 1. The Morgan fingerprint density at radius 2 is 2.12 bits per heavy atom. The summed E-state index contributed by atoms with van der Waals surface area (Å²) in [6.45, 7) is 1.42. The molecule has 1 aromatic heterocycles. The normalized spacial score (nSPS) is 15.3. The van der Waals surface area contributed by atoms with Crippen molar-refractivity contribution >= 4 is 29.4 Å². The molecule has 1 N–H and O–H groups in total. The predicted octanol–water partition coefficient (Wildman–Crippen LogP) is 1.30. The zero-order chi connectivity index (χ0) is 17.1. The van der Waals surface area contributed by atoms with E-state index in [4.69, 9.17) is 4.74 Å². The average Bonchev–Trinajstić information content (AvgIpc) is 3.15. The number of cyclic esters (lactones) is 1. The lowest BCUT2D eigenvalue weighted by Crippen LogP contribution is -2.40. The Kier molecular flexibility index (Phi) is 4.52. The van der Waals surface area contributed by atoms with Crippen LogP contribution in [0.2, 0.25) is 0 Å². The van der Waals surface area contributed by atoms with Gasteiger partial charge in [-0.2, -0.15) is 0 Å². The maximum atomic E-state index is 12.4. The van der Waals surface area contributed by atoms with Crippen molar-refractivity contribution in [3.8, 4) is 0 Å². The van der Waals surface area contributed by atoms with Crippen molar-refractivity contribution in [1.82, 2.24) is 19.8 Å². The van der Waals surface area contributed by atoms with Crippen molar-refractivity contribution in [2.24, 2.45) is 0 Å². The minimum atomic E-state index is -0.703. The number of nitrogens with zero attached hydrogens (tertiary/aromatic N) is 3. The summed E-state index contributed by atoms with van der Waals surface area (Å²) in [4.78, 5) is 37.3. The number of amides is 3. The highest BCUT2D eigenvalue weighted by molar-refractivity contribution is 7.08. The number of hydrogen-bond donors (Lipinski definition) is 1. The quantitative estimate of drug-likeness (QED) is 0.875. The summed E-state index contributed by atoms with van der Waals surface area (Å²) in [5, 5.41) is 6.65. The van der Waals surface area contributed by atoms with E-state index in [2.05, 4.69) is 14.9 Å². The Labute approximate surface area is 141 Å². The molecular weight excluding hydrogens is 332 g/mol. The summed E-state index contributed by atoms with van der Waals surface area (Å²) in [6.07, 6.45) is -0.703. The molecule has 0 bridgehead atoms.